The van der Waals surface area contributed by atoms with Gasteiger partial charge in [0.25, 0.3) is 0 Å². The second kappa shape index (κ2) is 10.1. The van der Waals surface area contributed by atoms with Gasteiger partial charge in [0.1, 0.15) is 5.82 Å². The minimum absolute atomic E-state index is 0.263. The molecular formula is C30H29F2N5O2. The van der Waals surface area contributed by atoms with Gasteiger partial charge in [0.05, 0.1) is 29.2 Å². The molecule has 200 valence electrons. The van der Waals surface area contributed by atoms with E-state index >= 15 is 0 Å². The van der Waals surface area contributed by atoms with Crippen LogP contribution in [-0.2, 0) is 5.41 Å². The molecule has 0 aliphatic heterocycles. The predicted molar refractivity (Wildman–Crippen MR) is 145 cm³/mol. The van der Waals surface area contributed by atoms with Crippen LogP contribution in [0.2, 0.25) is 0 Å². The number of carbonyl (C=O) groups is 1. The Bertz CT molecular complexity index is 1540. The van der Waals surface area contributed by atoms with Gasteiger partial charge in [-0.15, -0.1) is 0 Å². The maximum Gasteiger partial charge on any atom is 0.319 e. The maximum absolute atomic E-state index is 14.2. The SMILES string of the molecule is Cc1ncc(-c2nc(-c3ccccc3)c(NC(=O)N[C@@H]3c4cc(F)c(F)cc4C(C)(C)C[C@H]3O)cc2C)cn1. The normalized spacial score (nSPS) is 17.8. The number of rotatable bonds is 4. The molecule has 39 heavy (non-hydrogen) atoms. The van der Waals surface area contributed by atoms with Gasteiger partial charge in [0.2, 0.25) is 0 Å². The Kier molecular flexibility index (Phi) is 6.86. The molecule has 0 saturated carbocycles. The van der Waals surface area contributed by atoms with Crippen molar-refractivity contribution in [2.75, 3.05) is 5.32 Å². The average Bonchev–Trinajstić information content (AvgIpc) is 2.89. The van der Waals surface area contributed by atoms with E-state index in [1.54, 1.807) is 19.3 Å². The summed E-state index contributed by atoms with van der Waals surface area (Å²) in [4.78, 5) is 26.7. The molecule has 5 rings (SSSR count). The van der Waals surface area contributed by atoms with E-state index in [4.69, 9.17) is 4.98 Å². The van der Waals surface area contributed by atoms with Crippen molar-refractivity contribution in [3.8, 4) is 22.5 Å². The van der Waals surface area contributed by atoms with Gasteiger partial charge in [-0.05, 0) is 60.6 Å². The van der Waals surface area contributed by atoms with Gasteiger partial charge >= 0.3 is 6.03 Å². The zero-order valence-electron chi connectivity index (χ0n) is 22.1. The van der Waals surface area contributed by atoms with Crippen LogP contribution in [0.25, 0.3) is 22.5 Å². The van der Waals surface area contributed by atoms with Gasteiger partial charge < -0.3 is 15.7 Å². The summed E-state index contributed by atoms with van der Waals surface area (Å²) in [6.07, 6.45) is 2.68. The fourth-order valence-corrected chi connectivity index (χ4v) is 5.17. The summed E-state index contributed by atoms with van der Waals surface area (Å²) in [5.74, 6) is -1.35. The number of benzene rings is 2. The number of aliphatic hydroxyl groups is 1. The lowest BCUT2D eigenvalue weighted by molar-refractivity contribution is 0.0878. The van der Waals surface area contributed by atoms with Crippen molar-refractivity contribution in [1.29, 1.82) is 0 Å². The zero-order valence-corrected chi connectivity index (χ0v) is 22.1. The standard InChI is InChI=1S/C30H29F2N5O2/c1-16-10-24(27(18-8-6-5-7-9-18)36-26(16)19-14-33-17(2)34-15-19)35-29(39)37-28-20-11-22(31)23(32)12-21(20)30(3,4)13-25(28)38/h5-12,14-15,25,28,38H,13H2,1-4H3,(H2,35,37,39)/t25-,28-/m1/s1. The van der Waals surface area contributed by atoms with Gasteiger partial charge in [-0.2, -0.15) is 0 Å². The number of aliphatic hydroxyl groups excluding tert-OH is 1. The highest BCUT2D eigenvalue weighted by molar-refractivity contribution is 5.94. The Hall–Kier alpha value is -4.24. The van der Waals surface area contributed by atoms with Crippen LogP contribution >= 0.6 is 0 Å². The molecular weight excluding hydrogens is 500 g/mol. The number of pyridine rings is 1. The Balaban J connectivity index is 1.50. The summed E-state index contributed by atoms with van der Waals surface area (Å²) in [5, 5.41) is 16.5. The van der Waals surface area contributed by atoms with E-state index in [2.05, 4.69) is 20.6 Å². The van der Waals surface area contributed by atoms with Crippen molar-refractivity contribution in [2.24, 2.45) is 0 Å². The highest BCUT2D eigenvalue weighted by atomic mass is 19.2. The summed E-state index contributed by atoms with van der Waals surface area (Å²) in [6.45, 7) is 7.38. The van der Waals surface area contributed by atoms with E-state index < -0.39 is 35.2 Å². The first-order chi connectivity index (χ1) is 18.5. The van der Waals surface area contributed by atoms with E-state index in [1.165, 1.54) is 0 Å². The first kappa shape index (κ1) is 26.4. The lowest BCUT2D eigenvalue weighted by Gasteiger charge is -2.40. The molecule has 9 heteroatoms. The van der Waals surface area contributed by atoms with Crippen molar-refractivity contribution in [3.05, 3.63) is 95.1 Å². The maximum atomic E-state index is 14.2. The molecule has 0 saturated heterocycles. The van der Waals surface area contributed by atoms with Gasteiger partial charge in [-0.3, -0.25) is 0 Å². The molecule has 7 nitrogen and oxygen atoms in total. The smallest absolute Gasteiger partial charge is 0.319 e. The minimum atomic E-state index is -1.03. The first-order valence-electron chi connectivity index (χ1n) is 12.6. The van der Waals surface area contributed by atoms with Crippen molar-refractivity contribution in [2.45, 2.75) is 51.7 Å². The third-order valence-corrected chi connectivity index (χ3v) is 7.11. The van der Waals surface area contributed by atoms with Crippen LogP contribution in [0.3, 0.4) is 0 Å². The highest BCUT2D eigenvalue weighted by Crippen LogP contribution is 2.42. The quantitative estimate of drug-likeness (QED) is 0.301. The van der Waals surface area contributed by atoms with Crippen molar-refractivity contribution < 1.29 is 18.7 Å². The van der Waals surface area contributed by atoms with Crippen molar-refractivity contribution in [1.82, 2.24) is 20.3 Å². The van der Waals surface area contributed by atoms with E-state index in [-0.39, 0.29) is 6.42 Å². The second-order valence-corrected chi connectivity index (χ2v) is 10.5. The molecule has 0 unspecified atom stereocenters. The van der Waals surface area contributed by atoms with Crippen LogP contribution < -0.4 is 10.6 Å². The molecule has 2 amide bonds. The summed E-state index contributed by atoms with van der Waals surface area (Å²) < 4.78 is 28.3. The van der Waals surface area contributed by atoms with Crippen LogP contribution in [0.1, 0.15) is 48.8 Å². The summed E-state index contributed by atoms with van der Waals surface area (Å²) >= 11 is 0. The largest absolute Gasteiger partial charge is 0.391 e. The number of anilines is 1. The fraction of sp³-hybridized carbons (Fsp3) is 0.267. The number of carbonyl (C=O) groups excluding carboxylic acids is 1. The molecule has 1 aliphatic carbocycles. The molecule has 2 aromatic heterocycles. The number of halogens is 2. The second-order valence-electron chi connectivity index (χ2n) is 10.5. The molecule has 2 atom stereocenters. The lowest BCUT2D eigenvalue weighted by Crippen LogP contribution is -2.45. The number of fused-ring (bicyclic) bond motifs is 1. The number of hydrogen-bond donors (Lipinski definition) is 3. The van der Waals surface area contributed by atoms with Crippen molar-refractivity contribution >= 4 is 11.7 Å². The van der Waals surface area contributed by atoms with Gasteiger partial charge in [0, 0.05) is 23.5 Å². The summed E-state index contributed by atoms with van der Waals surface area (Å²) in [7, 11) is 0. The average molecular weight is 530 g/mol. The summed E-state index contributed by atoms with van der Waals surface area (Å²) in [6, 6.07) is 11.9. The Morgan fingerprint density at radius 1 is 0.974 bits per heavy atom. The van der Waals surface area contributed by atoms with Crippen LogP contribution in [-0.4, -0.2) is 32.2 Å². The van der Waals surface area contributed by atoms with E-state index in [9.17, 15) is 18.7 Å². The summed E-state index contributed by atoms with van der Waals surface area (Å²) in [5.41, 5.74) is 4.26. The Labute approximate surface area is 225 Å². The predicted octanol–water partition coefficient (Wildman–Crippen LogP) is 6.01. The van der Waals surface area contributed by atoms with Crippen LogP contribution in [0, 0.1) is 25.5 Å². The fourth-order valence-electron chi connectivity index (χ4n) is 5.17. The number of hydrogen-bond acceptors (Lipinski definition) is 5. The van der Waals surface area contributed by atoms with Crippen LogP contribution in [0.15, 0.2) is 60.9 Å². The number of aryl methyl sites for hydroxylation is 2. The monoisotopic (exact) mass is 529 g/mol. The molecule has 2 heterocycles. The third-order valence-electron chi connectivity index (χ3n) is 7.11. The molecule has 0 bridgehead atoms. The third kappa shape index (κ3) is 5.22. The Morgan fingerprint density at radius 3 is 2.33 bits per heavy atom. The Morgan fingerprint density at radius 2 is 1.64 bits per heavy atom. The van der Waals surface area contributed by atoms with Crippen molar-refractivity contribution in [3.63, 3.8) is 0 Å². The van der Waals surface area contributed by atoms with Gasteiger partial charge in [-0.25, -0.2) is 28.5 Å². The number of aromatic nitrogens is 3. The van der Waals surface area contributed by atoms with E-state index in [0.717, 1.165) is 28.8 Å². The number of urea groups is 1. The molecule has 4 aromatic rings. The highest BCUT2D eigenvalue weighted by Gasteiger charge is 2.40. The van der Waals surface area contributed by atoms with Crippen LogP contribution in [0.4, 0.5) is 19.3 Å². The molecule has 0 spiro atoms. The topological polar surface area (TPSA) is 100 Å². The number of amides is 2. The number of nitrogens with zero attached hydrogens (tertiary/aromatic N) is 3. The van der Waals surface area contributed by atoms with E-state index in [1.807, 2.05) is 57.2 Å². The zero-order chi connectivity index (χ0) is 27.9. The first-order valence-corrected chi connectivity index (χ1v) is 12.6. The molecule has 0 fully saturated rings. The van der Waals surface area contributed by atoms with Gasteiger partial charge in [-0.1, -0.05) is 44.2 Å². The molecule has 0 radical (unpaired) electrons. The molecule has 2 aromatic carbocycles. The molecule has 1 aliphatic rings. The van der Waals surface area contributed by atoms with Gasteiger partial charge in [0.15, 0.2) is 11.6 Å². The number of nitrogens with one attached hydrogen (secondary N) is 2. The van der Waals surface area contributed by atoms with Crippen LogP contribution in [0.5, 0.6) is 0 Å². The lowest BCUT2D eigenvalue weighted by atomic mass is 9.69. The molecule has 3 N–H and O–H groups in total. The minimum Gasteiger partial charge on any atom is -0.391 e. The van der Waals surface area contributed by atoms with E-state index in [0.29, 0.717) is 34.0 Å².